The summed E-state index contributed by atoms with van der Waals surface area (Å²) in [7, 11) is 0. The average molecular weight is 326 g/mol. The molecule has 2 amide bonds. The molecular formula is C20H26N2O2. The van der Waals surface area contributed by atoms with Crippen LogP contribution in [0.25, 0.3) is 0 Å². The Kier molecular flexibility index (Phi) is 4.30. The van der Waals surface area contributed by atoms with Crippen molar-refractivity contribution < 1.29 is 9.59 Å². The van der Waals surface area contributed by atoms with Crippen molar-refractivity contribution in [3.05, 3.63) is 35.4 Å². The van der Waals surface area contributed by atoms with E-state index in [0.29, 0.717) is 19.0 Å². The van der Waals surface area contributed by atoms with Gasteiger partial charge in [0.05, 0.1) is 12.0 Å². The molecule has 24 heavy (non-hydrogen) atoms. The van der Waals surface area contributed by atoms with Crippen LogP contribution in [0.1, 0.15) is 62.1 Å². The van der Waals surface area contributed by atoms with Crippen molar-refractivity contribution in [1.82, 2.24) is 10.2 Å². The third-order valence-corrected chi connectivity index (χ3v) is 5.98. The van der Waals surface area contributed by atoms with E-state index in [4.69, 9.17) is 0 Å². The lowest BCUT2D eigenvalue weighted by Crippen LogP contribution is -2.38. The molecule has 0 aromatic heterocycles. The van der Waals surface area contributed by atoms with Gasteiger partial charge in [-0.05, 0) is 43.2 Å². The van der Waals surface area contributed by atoms with Crippen LogP contribution in [0.3, 0.4) is 0 Å². The van der Waals surface area contributed by atoms with Gasteiger partial charge >= 0.3 is 0 Å². The molecule has 3 aliphatic rings. The SMILES string of the molecule is O=C(N[C@H]1CCCc2ccccc21)[C@@H]1CC(=O)N(C2CCCC2)C1. The molecule has 0 bridgehead atoms. The molecule has 4 rings (SSSR count). The van der Waals surface area contributed by atoms with Crippen molar-refractivity contribution in [3.63, 3.8) is 0 Å². The highest BCUT2D eigenvalue weighted by atomic mass is 16.2. The standard InChI is InChI=1S/C20H26N2O2/c23-19-12-15(13-22(19)16-8-2-3-9-16)20(24)21-18-11-5-7-14-6-1-4-10-17(14)18/h1,4,6,10,15-16,18H,2-3,5,7-9,11-13H2,(H,21,24)/t15-,18+/m1/s1. The van der Waals surface area contributed by atoms with Crippen molar-refractivity contribution in [2.75, 3.05) is 6.54 Å². The molecule has 1 saturated carbocycles. The van der Waals surface area contributed by atoms with Gasteiger partial charge in [0, 0.05) is 19.0 Å². The van der Waals surface area contributed by atoms with Gasteiger partial charge in [-0.25, -0.2) is 0 Å². The smallest absolute Gasteiger partial charge is 0.225 e. The zero-order chi connectivity index (χ0) is 16.5. The van der Waals surface area contributed by atoms with Gasteiger partial charge < -0.3 is 10.2 Å². The predicted octanol–water partition coefficient (Wildman–Crippen LogP) is 2.97. The molecular weight excluding hydrogens is 300 g/mol. The third kappa shape index (κ3) is 2.94. The molecule has 1 heterocycles. The lowest BCUT2D eigenvalue weighted by atomic mass is 9.87. The highest BCUT2D eigenvalue weighted by Crippen LogP contribution is 2.32. The first-order valence-electron chi connectivity index (χ1n) is 9.40. The maximum Gasteiger partial charge on any atom is 0.225 e. The second-order valence-corrected chi connectivity index (χ2v) is 7.54. The number of carbonyl (C=O) groups is 2. The molecule has 1 aromatic carbocycles. The predicted molar refractivity (Wildman–Crippen MR) is 92.3 cm³/mol. The van der Waals surface area contributed by atoms with Crippen LogP contribution < -0.4 is 5.32 Å². The van der Waals surface area contributed by atoms with Crippen LogP contribution in [-0.4, -0.2) is 29.3 Å². The Morgan fingerprint density at radius 2 is 1.88 bits per heavy atom. The summed E-state index contributed by atoms with van der Waals surface area (Å²) >= 11 is 0. The van der Waals surface area contributed by atoms with Crippen LogP contribution in [0.5, 0.6) is 0 Å². The van der Waals surface area contributed by atoms with Gasteiger partial charge in [0.1, 0.15) is 0 Å². The first-order chi connectivity index (χ1) is 11.7. The Morgan fingerprint density at radius 3 is 2.71 bits per heavy atom. The molecule has 1 N–H and O–H groups in total. The maximum absolute atomic E-state index is 12.7. The number of nitrogens with one attached hydrogen (secondary N) is 1. The first-order valence-corrected chi connectivity index (χ1v) is 9.40. The molecule has 2 aliphatic carbocycles. The van der Waals surface area contributed by atoms with Crippen LogP contribution >= 0.6 is 0 Å². The minimum absolute atomic E-state index is 0.0607. The maximum atomic E-state index is 12.7. The number of rotatable bonds is 3. The Bertz CT molecular complexity index is 636. The normalized spacial score (nSPS) is 27.3. The fourth-order valence-corrected chi connectivity index (χ4v) is 4.67. The van der Waals surface area contributed by atoms with E-state index in [9.17, 15) is 9.59 Å². The van der Waals surface area contributed by atoms with Crippen LogP contribution in [0, 0.1) is 5.92 Å². The number of hydrogen-bond acceptors (Lipinski definition) is 2. The lowest BCUT2D eigenvalue weighted by Gasteiger charge is -2.28. The summed E-state index contributed by atoms with van der Waals surface area (Å²) in [6, 6.07) is 8.89. The Labute approximate surface area is 143 Å². The fourth-order valence-electron chi connectivity index (χ4n) is 4.67. The van der Waals surface area contributed by atoms with E-state index in [0.717, 1.165) is 32.1 Å². The van der Waals surface area contributed by atoms with E-state index in [2.05, 4.69) is 23.5 Å². The highest BCUT2D eigenvalue weighted by Gasteiger charge is 2.39. The number of hydrogen-bond donors (Lipinski definition) is 1. The molecule has 1 saturated heterocycles. The third-order valence-electron chi connectivity index (χ3n) is 5.98. The minimum Gasteiger partial charge on any atom is -0.349 e. The number of fused-ring (bicyclic) bond motifs is 1. The highest BCUT2D eigenvalue weighted by molar-refractivity contribution is 5.89. The number of likely N-dealkylation sites (tertiary alicyclic amines) is 1. The van der Waals surface area contributed by atoms with Crippen LogP contribution in [0.2, 0.25) is 0 Å². The quantitative estimate of drug-likeness (QED) is 0.928. The molecule has 0 spiro atoms. The molecule has 0 radical (unpaired) electrons. The molecule has 128 valence electrons. The van der Waals surface area contributed by atoms with Crippen molar-refractivity contribution >= 4 is 11.8 Å². The number of benzene rings is 1. The topological polar surface area (TPSA) is 49.4 Å². The molecule has 4 heteroatoms. The molecule has 0 unspecified atom stereocenters. The largest absolute Gasteiger partial charge is 0.349 e. The Morgan fingerprint density at radius 1 is 1.08 bits per heavy atom. The van der Waals surface area contributed by atoms with E-state index < -0.39 is 0 Å². The number of aryl methyl sites for hydroxylation is 1. The van der Waals surface area contributed by atoms with Gasteiger partial charge in [0.25, 0.3) is 0 Å². The van der Waals surface area contributed by atoms with Gasteiger partial charge in [-0.2, -0.15) is 0 Å². The van der Waals surface area contributed by atoms with E-state index in [1.54, 1.807) is 0 Å². The van der Waals surface area contributed by atoms with Crippen LogP contribution in [0.4, 0.5) is 0 Å². The van der Waals surface area contributed by atoms with E-state index in [-0.39, 0.29) is 23.8 Å². The van der Waals surface area contributed by atoms with Crippen LogP contribution in [0.15, 0.2) is 24.3 Å². The summed E-state index contributed by atoms with van der Waals surface area (Å²) < 4.78 is 0. The second kappa shape index (κ2) is 6.58. The van der Waals surface area contributed by atoms with Crippen molar-refractivity contribution in [3.8, 4) is 0 Å². The van der Waals surface area contributed by atoms with Gasteiger partial charge in [0.2, 0.25) is 11.8 Å². The second-order valence-electron chi connectivity index (χ2n) is 7.54. The minimum atomic E-state index is -0.174. The van der Waals surface area contributed by atoms with Gasteiger partial charge in [-0.15, -0.1) is 0 Å². The summed E-state index contributed by atoms with van der Waals surface area (Å²) in [5.74, 6) is 0.0591. The van der Waals surface area contributed by atoms with Gasteiger partial charge in [-0.1, -0.05) is 37.1 Å². The molecule has 1 aromatic rings. The molecule has 2 atom stereocenters. The Hall–Kier alpha value is -1.84. The first kappa shape index (κ1) is 15.7. The lowest BCUT2D eigenvalue weighted by molar-refractivity contribution is -0.130. The number of carbonyl (C=O) groups excluding carboxylic acids is 2. The Balaban J connectivity index is 1.41. The van der Waals surface area contributed by atoms with Crippen molar-refractivity contribution in [2.24, 2.45) is 5.92 Å². The van der Waals surface area contributed by atoms with Crippen molar-refractivity contribution in [2.45, 2.75) is 63.5 Å². The van der Waals surface area contributed by atoms with E-state index in [1.807, 2.05) is 11.0 Å². The van der Waals surface area contributed by atoms with Gasteiger partial charge in [0.15, 0.2) is 0 Å². The summed E-state index contributed by atoms with van der Waals surface area (Å²) in [5, 5.41) is 3.23. The fraction of sp³-hybridized carbons (Fsp3) is 0.600. The van der Waals surface area contributed by atoms with Crippen LogP contribution in [-0.2, 0) is 16.0 Å². The summed E-state index contributed by atoms with van der Waals surface area (Å²) in [4.78, 5) is 27.0. The monoisotopic (exact) mass is 326 g/mol. The zero-order valence-electron chi connectivity index (χ0n) is 14.2. The van der Waals surface area contributed by atoms with E-state index >= 15 is 0 Å². The van der Waals surface area contributed by atoms with E-state index in [1.165, 1.54) is 24.0 Å². The number of nitrogens with zero attached hydrogens (tertiary/aromatic N) is 1. The molecule has 4 nitrogen and oxygen atoms in total. The zero-order valence-corrected chi connectivity index (χ0v) is 14.2. The van der Waals surface area contributed by atoms with Crippen molar-refractivity contribution in [1.29, 1.82) is 0 Å². The average Bonchev–Trinajstić information content (AvgIpc) is 3.24. The number of amides is 2. The summed E-state index contributed by atoms with van der Waals surface area (Å²) in [6.45, 7) is 0.615. The summed E-state index contributed by atoms with van der Waals surface area (Å²) in [6.07, 6.45) is 8.23. The summed E-state index contributed by atoms with van der Waals surface area (Å²) in [5.41, 5.74) is 2.61. The molecule has 1 aliphatic heterocycles. The molecule has 2 fully saturated rings. The van der Waals surface area contributed by atoms with Gasteiger partial charge in [-0.3, -0.25) is 9.59 Å².